The van der Waals surface area contributed by atoms with E-state index in [0.29, 0.717) is 13.0 Å². The molecule has 2 rings (SSSR count). The van der Waals surface area contributed by atoms with Crippen LogP contribution in [0.2, 0.25) is 0 Å². The van der Waals surface area contributed by atoms with Crippen molar-refractivity contribution in [3.8, 4) is 0 Å². The number of amidine groups is 1. The number of carbonyl (C=O) groups is 1. The van der Waals surface area contributed by atoms with E-state index in [1.165, 1.54) is 0 Å². The Morgan fingerprint density at radius 3 is 2.88 bits per heavy atom. The van der Waals surface area contributed by atoms with E-state index < -0.39 is 0 Å². The monoisotopic (exact) mass is 214 g/mol. The van der Waals surface area contributed by atoms with Crippen LogP contribution in [0.25, 0.3) is 0 Å². The summed E-state index contributed by atoms with van der Waals surface area (Å²) >= 11 is 0. The van der Waals surface area contributed by atoms with Crippen LogP contribution in [0.5, 0.6) is 0 Å². The molecular formula is C13H14N2O. The Kier molecular flexibility index (Phi) is 3.15. The first-order valence-electron chi connectivity index (χ1n) is 5.31. The number of aliphatic imine (C=N–C) groups is 1. The van der Waals surface area contributed by atoms with E-state index in [9.17, 15) is 4.79 Å². The molecule has 0 spiro atoms. The largest absolute Gasteiger partial charge is 0.314 e. The molecule has 1 aliphatic rings. The van der Waals surface area contributed by atoms with Crippen molar-refractivity contribution in [1.82, 2.24) is 5.32 Å². The maximum Gasteiger partial charge on any atom is 0.226 e. The van der Waals surface area contributed by atoms with Gasteiger partial charge in [-0.1, -0.05) is 36.4 Å². The van der Waals surface area contributed by atoms with Crippen LogP contribution in [0.3, 0.4) is 0 Å². The molecule has 82 valence electrons. The topological polar surface area (TPSA) is 41.5 Å². The summed E-state index contributed by atoms with van der Waals surface area (Å²) in [5.74, 6) is 0.876. The minimum Gasteiger partial charge on any atom is -0.314 e. The summed E-state index contributed by atoms with van der Waals surface area (Å²) in [7, 11) is 0. The molecule has 1 fully saturated rings. The molecule has 1 saturated heterocycles. The lowest BCUT2D eigenvalue weighted by Gasteiger charge is -2.09. The lowest BCUT2D eigenvalue weighted by atomic mass is 9.97. The van der Waals surface area contributed by atoms with Crippen LogP contribution >= 0.6 is 0 Å². The van der Waals surface area contributed by atoms with Gasteiger partial charge >= 0.3 is 0 Å². The van der Waals surface area contributed by atoms with Crippen molar-refractivity contribution in [2.24, 2.45) is 4.99 Å². The van der Waals surface area contributed by atoms with E-state index in [-0.39, 0.29) is 11.8 Å². The Balaban J connectivity index is 2.25. The zero-order valence-electron chi connectivity index (χ0n) is 9.02. The van der Waals surface area contributed by atoms with Crippen molar-refractivity contribution in [2.75, 3.05) is 6.54 Å². The van der Waals surface area contributed by atoms with Gasteiger partial charge in [0, 0.05) is 6.42 Å². The zero-order valence-corrected chi connectivity index (χ0v) is 9.02. The second-order valence-corrected chi connectivity index (χ2v) is 3.73. The summed E-state index contributed by atoms with van der Waals surface area (Å²) in [5, 5.41) is 2.80. The van der Waals surface area contributed by atoms with Crippen LogP contribution in [0.4, 0.5) is 0 Å². The van der Waals surface area contributed by atoms with Gasteiger partial charge in [0.2, 0.25) is 5.91 Å². The molecule has 1 amide bonds. The second kappa shape index (κ2) is 4.75. The van der Waals surface area contributed by atoms with Crippen molar-refractivity contribution in [3.05, 3.63) is 48.6 Å². The van der Waals surface area contributed by atoms with Crippen molar-refractivity contribution < 1.29 is 4.79 Å². The van der Waals surface area contributed by atoms with Gasteiger partial charge in [0.1, 0.15) is 5.84 Å². The molecule has 0 aliphatic carbocycles. The minimum atomic E-state index is 0.0386. The molecule has 1 heterocycles. The normalized spacial score (nSPS) is 22.1. The number of nitrogens with zero attached hydrogens (tertiary/aromatic N) is 1. The lowest BCUT2D eigenvalue weighted by molar-refractivity contribution is -0.118. The molecule has 1 unspecified atom stereocenters. The van der Waals surface area contributed by atoms with E-state index >= 15 is 0 Å². The Hall–Kier alpha value is -1.90. The molecule has 1 atom stereocenters. The molecule has 0 saturated carbocycles. The van der Waals surface area contributed by atoms with Gasteiger partial charge in [0.25, 0.3) is 0 Å². The van der Waals surface area contributed by atoms with E-state index in [2.05, 4.69) is 16.9 Å². The molecule has 3 heteroatoms. The number of nitrogens with one attached hydrogen (secondary N) is 1. The number of benzene rings is 1. The van der Waals surface area contributed by atoms with Gasteiger partial charge in [-0.3, -0.25) is 9.79 Å². The van der Waals surface area contributed by atoms with Gasteiger partial charge in [-0.05, 0) is 5.56 Å². The van der Waals surface area contributed by atoms with Gasteiger partial charge in [0.05, 0.1) is 12.5 Å². The molecule has 16 heavy (non-hydrogen) atoms. The van der Waals surface area contributed by atoms with Crippen LogP contribution in [0, 0.1) is 0 Å². The van der Waals surface area contributed by atoms with Crippen molar-refractivity contribution >= 4 is 11.7 Å². The quantitative estimate of drug-likeness (QED) is 0.767. The first-order chi connectivity index (χ1) is 7.81. The maximum absolute atomic E-state index is 11.4. The third-order valence-corrected chi connectivity index (χ3v) is 2.58. The van der Waals surface area contributed by atoms with Crippen LogP contribution in [-0.2, 0) is 4.79 Å². The Morgan fingerprint density at radius 2 is 2.19 bits per heavy atom. The lowest BCUT2D eigenvalue weighted by Crippen LogP contribution is -2.22. The number of amides is 1. The van der Waals surface area contributed by atoms with E-state index in [4.69, 9.17) is 0 Å². The average molecular weight is 214 g/mol. The number of hydrogen-bond donors (Lipinski definition) is 1. The Morgan fingerprint density at radius 1 is 1.44 bits per heavy atom. The van der Waals surface area contributed by atoms with Crippen LogP contribution < -0.4 is 5.32 Å². The highest BCUT2D eigenvalue weighted by Gasteiger charge is 2.29. The second-order valence-electron chi connectivity index (χ2n) is 3.73. The van der Waals surface area contributed by atoms with Crippen LogP contribution in [0.15, 0.2) is 48.0 Å². The molecule has 1 aliphatic heterocycles. The summed E-state index contributed by atoms with van der Waals surface area (Å²) in [6.45, 7) is 4.16. The highest BCUT2D eigenvalue weighted by atomic mass is 16.2. The van der Waals surface area contributed by atoms with Crippen LogP contribution in [0.1, 0.15) is 17.9 Å². The third kappa shape index (κ3) is 2.19. The van der Waals surface area contributed by atoms with Crippen molar-refractivity contribution in [3.63, 3.8) is 0 Å². The fourth-order valence-electron chi connectivity index (χ4n) is 1.84. The standard InChI is InChI=1S/C13H14N2O/c1-2-8-14-13-11(9-12(16)15-13)10-6-4-3-5-7-10/h2-7,11H,1,8-9H2,(H,14,15,16). The van der Waals surface area contributed by atoms with Gasteiger partial charge < -0.3 is 5.32 Å². The highest BCUT2D eigenvalue weighted by Crippen LogP contribution is 2.24. The van der Waals surface area contributed by atoms with Gasteiger partial charge in [0.15, 0.2) is 0 Å². The van der Waals surface area contributed by atoms with Crippen molar-refractivity contribution in [1.29, 1.82) is 0 Å². The molecule has 0 radical (unpaired) electrons. The molecule has 0 aromatic heterocycles. The number of carbonyl (C=O) groups excluding carboxylic acids is 1. The van der Waals surface area contributed by atoms with E-state index in [1.807, 2.05) is 30.3 Å². The fraction of sp³-hybridized carbons (Fsp3) is 0.231. The first kappa shape index (κ1) is 10.6. The first-order valence-corrected chi connectivity index (χ1v) is 5.31. The van der Waals surface area contributed by atoms with E-state index in [0.717, 1.165) is 11.4 Å². The minimum absolute atomic E-state index is 0.0386. The summed E-state index contributed by atoms with van der Waals surface area (Å²) in [4.78, 5) is 15.7. The SMILES string of the molecule is C=CCN=C1NC(=O)CC1c1ccccc1. The molecule has 1 aromatic rings. The van der Waals surface area contributed by atoms with Crippen molar-refractivity contribution in [2.45, 2.75) is 12.3 Å². The average Bonchev–Trinajstić information content (AvgIpc) is 2.69. The smallest absolute Gasteiger partial charge is 0.226 e. The zero-order chi connectivity index (χ0) is 11.4. The summed E-state index contributed by atoms with van der Waals surface area (Å²) < 4.78 is 0. The molecule has 1 N–H and O–H groups in total. The summed E-state index contributed by atoms with van der Waals surface area (Å²) in [6.07, 6.45) is 2.21. The highest BCUT2D eigenvalue weighted by molar-refractivity contribution is 6.08. The predicted octanol–water partition coefficient (Wildman–Crippen LogP) is 1.87. The van der Waals surface area contributed by atoms with E-state index in [1.54, 1.807) is 6.08 Å². The Labute approximate surface area is 94.9 Å². The third-order valence-electron chi connectivity index (χ3n) is 2.58. The summed E-state index contributed by atoms with van der Waals surface area (Å²) in [6, 6.07) is 9.96. The fourth-order valence-corrected chi connectivity index (χ4v) is 1.84. The maximum atomic E-state index is 11.4. The predicted molar refractivity (Wildman–Crippen MR) is 64.4 cm³/mol. The van der Waals surface area contributed by atoms with Gasteiger partial charge in [-0.25, -0.2) is 0 Å². The van der Waals surface area contributed by atoms with Crippen LogP contribution in [-0.4, -0.2) is 18.3 Å². The summed E-state index contributed by atoms with van der Waals surface area (Å²) in [5.41, 5.74) is 1.13. The molecule has 3 nitrogen and oxygen atoms in total. The molecule has 0 bridgehead atoms. The van der Waals surface area contributed by atoms with Gasteiger partial charge in [-0.15, -0.1) is 6.58 Å². The Bertz CT molecular complexity index is 423. The molecule has 1 aromatic carbocycles. The van der Waals surface area contributed by atoms with Gasteiger partial charge in [-0.2, -0.15) is 0 Å². The molecular weight excluding hydrogens is 200 g/mol. The number of rotatable bonds is 3. The number of hydrogen-bond acceptors (Lipinski definition) is 2.